The molecule has 21 heavy (non-hydrogen) atoms. The van der Waals surface area contributed by atoms with Crippen LogP contribution in [0.2, 0.25) is 0 Å². The highest BCUT2D eigenvalue weighted by Gasteiger charge is 2.26. The Bertz CT molecular complexity index is 513. The summed E-state index contributed by atoms with van der Waals surface area (Å²) in [5.74, 6) is -0.0469. The Morgan fingerprint density at radius 1 is 1.33 bits per heavy atom. The third kappa shape index (κ3) is 4.83. The highest BCUT2D eigenvalue weighted by Crippen LogP contribution is 2.14. The molecule has 0 aliphatic rings. The van der Waals surface area contributed by atoms with Crippen molar-refractivity contribution in [3.8, 4) is 0 Å². The van der Waals surface area contributed by atoms with Crippen molar-refractivity contribution in [2.45, 2.75) is 59.0 Å². The van der Waals surface area contributed by atoms with Crippen LogP contribution in [0.15, 0.2) is 4.79 Å². The molecule has 1 amide bonds. The van der Waals surface area contributed by atoms with Crippen molar-refractivity contribution in [2.24, 2.45) is 5.73 Å². The normalized spacial score (nSPS) is 11.1. The van der Waals surface area contributed by atoms with Crippen LogP contribution in [0.4, 0.5) is 0 Å². The monoisotopic (exact) mass is 335 g/mol. The minimum Gasteiger partial charge on any atom is -0.349 e. The van der Waals surface area contributed by atoms with E-state index in [0.717, 1.165) is 23.4 Å². The van der Waals surface area contributed by atoms with Gasteiger partial charge in [0, 0.05) is 30.1 Å². The van der Waals surface area contributed by atoms with Crippen LogP contribution in [-0.4, -0.2) is 22.6 Å². The number of halogens is 1. The summed E-state index contributed by atoms with van der Waals surface area (Å²) in [6.07, 6.45) is 1.92. The largest absolute Gasteiger partial charge is 0.349 e. The van der Waals surface area contributed by atoms with Crippen molar-refractivity contribution < 1.29 is 4.79 Å². The second kappa shape index (κ2) is 8.56. The van der Waals surface area contributed by atoms with E-state index in [0.29, 0.717) is 19.5 Å². The minimum absolute atomic E-state index is 0. The molecule has 5 nitrogen and oxygen atoms in total. The molecule has 0 aromatic carbocycles. The number of nitrogens with one attached hydrogen (secondary N) is 1. The summed E-state index contributed by atoms with van der Waals surface area (Å²) in [6, 6.07) is 0. The number of hydrogen-bond acceptors (Lipinski definition) is 4. The van der Waals surface area contributed by atoms with Gasteiger partial charge in [0.15, 0.2) is 0 Å². The van der Waals surface area contributed by atoms with Crippen molar-refractivity contribution in [1.29, 1.82) is 0 Å². The minimum atomic E-state index is -0.318. The number of rotatable bonds is 7. The standard InChI is InChI=1S/C14H25N3O2S.ClH/c1-5-14(6-2,9-15)16-12(18)7-8-17-10(3)11(4)20-13(17)19;/h5-9,15H2,1-4H3,(H,16,18);1H. The van der Waals surface area contributed by atoms with E-state index in [1.165, 1.54) is 11.3 Å². The molecular weight excluding hydrogens is 310 g/mol. The number of carbonyl (C=O) groups excluding carboxylic acids is 1. The van der Waals surface area contributed by atoms with E-state index in [1.807, 2.05) is 27.7 Å². The molecule has 0 aliphatic carbocycles. The molecule has 0 bridgehead atoms. The van der Waals surface area contributed by atoms with Crippen molar-refractivity contribution in [3.05, 3.63) is 20.2 Å². The molecule has 0 saturated carbocycles. The lowest BCUT2D eigenvalue weighted by molar-refractivity contribution is -0.123. The van der Waals surface area contributed by atoms with Crippen molar-refractivity contribution in [1.82, 2.24) is 9.88 Å². The average Bonchev–Trinajstić information content (AvgIpc) is 2.68. The first kappa shape index (κ1) is 20.1. The fourth-order valence-corrected chi connectivity index (χ4v) is 3.04. The molecule has 0 fully saturated rings. The number of aromatic nitrogens is 1. The van der Waals surface area contributed by atoms with Gasteiger partial charge >= 0.3 is 4.87 Å². The number of hydrogen-bond donors (Lipinski definition) is 2. The molecule has 0 radical (unpaired) electrons. The van der Waals surface area contributed by atoms with Gasteiger partial charge < -0.3 is 15.6 Å². The Morgan fingerprint density at radius 3 is 2.29 bits per heavy atom. The quantitative estimate of drug-likeness (QED) is 0.799. The first-order valence-electron chi connectivity index (χ1n) is 7.07. The summed E-state index contributed by atoms with van der Waals surface area (Å²) in [5, 5.41) is 3.02. The Hall–Kier alpha value is -0.850. The SMILES string of the molecule is CCC(CC)(CN)NC(=O)CCn1c(C)c(C)sc1=O.Cl. The summed E-state index contributed by atoms with van der Waals surface area (Å²) < 4.78 is 1.67. The molecule has 1 heterocycles. The van der Waals surface area contributed by atoms with E-state index in [-0.39, 0.29) is 28.7 Å². The Kier molecular flexibility index (Phi) is 8.21. The van der Waals surface area contributed by atoms with Gasteiger partial charge in [-0.2, -0.15) is 0 Å². The topological polar surface area (TPSA) is 77.1 Å². The zero-order valence-corrected chi connectivity index (χ0v) is 14.8. The van der Waals surface area contributed by atoms with E-state index < -0.39 is 0 Å². The molecule has 0 saturated heterocycles. The lowest BCUT2D eigenvalue weighted by atomic mass is 9.93. The molecule has 122 valence electrons. The smallest absolute Gasteiger partial charge is 0.307 e. The lowest BCUT2D eigenvalue weighted by Crippen LogP contribution is -2.53. The van der Waals surface area contributed by atoms with Crippen LogP contribution < -0.4 is 15.9 Å². The van der Waals surface area contributed by atoms with Crippen LogP contribution in [0.1, 0.15) is 43.7 Å². The lowest BCUT2D eigenvalue weighted by Gasteiger charge is -2.31. The zero-order chi connectivity index (χ0) is 15.3. The molecule has 1 aromatic heterocycles. The fraction of sp³-hybridized carbons (Fsp3) is 0.714. The van der Waals surface area contributed by atoms with Gasteiger partial charge in [-0.1, -0.05) is 25.2 Å². The maximum Gasteiger partial charge on any atom is 0.307 e. The molecule has 1 aromatic rings. The van der Waals surface area contributed by atoms with Crippen molar-refractivity contribution in [2.75, 3.05) is 6.54 Å². The molecule has 0 spiro atoms. The first-order chi connectivity index (χ1) is 9.39. The second-order valence-electron chi connectivity index (χ2n) is 5.15. The molecular formula is C14H26ClN3O2S. The van der Waals surface area contributed by atoms with Gasteiger partial charge in [0.1, 0.15) is 0 Å². The van der Waals surface area contributed by atoms with Crippen LogP contribution in [0, 0.1) is 13.8 Å². The van der Waals surface area contributed by atoms with Crippen molar-refractivity contribution in [3.63, 3.8) is 0 Å². The average molecular weight is 336 g/mol. The first-order valence-corrected chi connectivity index (χ1v) is 7.88. The second-order valence-corrected chi connectivity index (χ2v) is 6.32. The summed E-state index contributed by atoms with van der Waals surface area (Å²) in [5.41, 5.74) is 6.40. The molecule has 0 unspecified atom stereocenters. The fourth-order valence-electron chi connectivity index (χ4n) is 2.18. The van der Waals surface area contributed by atoms with Crippen LogP contribution in [0.25, 0.3) is 0 Å². The van der Waals surface area contributed by atoms with Gasteiger partial charge in [-0.25, -0.2) is 0 Å². The maximum absolute atomic E-state index is 12.1. The highest BCUT2D eigenvalue weighted by molar-refractivity contribution is 7.09. The molecule has 0 aliphatic heterocycles. The Morgan fingerprint density at radius 2 is 1.90 bits per heavy atom. The Labute approximate surface area is 136 Å². The molecule has 7 heteroatoms. The Balaban J connectivity index is 0.00000400. The van der Waals surface area contributed by atoms with Crippen LogP contribution in [0.5, 0.6) is 0 Å². The van der Waals surface area contributed by atoms with E-state index in [4.69, 9.17) is 5.73 Å². The van der Waals surface area contributed by atoms with Crippen LogP contribution >= 0.6 is 23.7 Å². The van der Waals surface area contributed by atoms with E-state index in [1.54, 1.807) is 4.57 Å². The maximum atomic E-state index is 12.1. The van der Waals surface area contributed by atoms with E-state index in [2.05, 4.69) is 5.32 Å². The third-order valence-electron chi connectivity index (χ3n) is 4.09. The number of carbonyl (C=O) groups is 1. The van der Waals surface area contributed by atoms with Gasteiger partial charge in [-0.15, -0.1) is 12.4 Å². The summed E-state index contributed by atoms with van der Waals surface area (Å²) in [6.45, 7) is 8.73. The number of nitrogens with two attached hydrogens (primary N) is 1. The summed E-state index contributed by atoms with van der Waals surface area (Å²) >= 11 is 1.23. The number of amides is 1. The molecule has 3 N–H and O–H groups in total. The number of thiazole rings is 1. The summed E-state index contributed by atoms with van der Waals surface area (Å²) in [4.78, 5) is 24.8. The van der Waals surface area contributed by atoms with Crippen molar-refractivity contribution >= 4 is 29.7 Å². The van der Waals surface area contributed by atoms with E-state index >= 15 is 0 Å². The van der Waals surface area contributed by atoms with Crippen LogP contribution in [-0.2, 0) is 11.3 Å². The predicted octanol–water partition coefficient (Wildman–Crippen LogP) is 1.97. The van der Waals surface area contributed by atoms with Gasteiger partial charge in [-0.3, -0.25) is 9.59 Å². The third-order valence-corrected chi connectivity index (χ3v) is 5.08. The van der Waals surface area contributed by atoms with Crippen LogP contribution in [0.3, 0.4) is 0 Å². The van der Waals surface area contributed by atoms with Gasteiger partial charge in [0.2, 0.25) is 5.91 Å². The predicted molar refractivity (Wildman–Crippen MR) is 90.4 cm³/mol. The summed E-state index contributed by atoms with van der Waals surface area (Å²) in [7, 11) is 0. The van der Waals surface area contributed by atoms with Gasteiger partial charge in [0.25, 0.3) is 0 Å². The van der Waals surface area contributed by atoms with Gasteiger partial charge in [-0.05, 0) is 26.7 Å². The van der Waals surface area contributed by atoms with E-state index in [9.17, 15) is 9.59 Å². The number of aryl methyl sites for hydroxylation is 1. The van der Waals surface area contributed by atoms with Gasteiger partial charge in [0.05, 0.1) is 5.54 Å². The number of nitrogens with zero attached hydrogens (tertiary/aromatic N) is 1. The zero-order valence-electron chi connectivity index (χ0n) is 13.2. The highest BCUT2D eigenvalue weighted by atomic mass is 35.5. The molecule has 1 rings (SSSR count). The molecule has 0 atom stereocenters.